The van der Waals surface area contributed by atoms with Gasteiger partial charge in [0, 0.05) is 11.8 Å². The number of carbonyl (C=O) groups is 1. The van der Waals surface area contributed by atoms with Crippen molar-refractivity contribution in [2.75, 3.05) is 26.6 Å². The Morgan fingerprint density at radius 2 is 1.68 bits per heavy atom. The van der Waals surface area contributed by atoms with E-state index < -0.39 is 0 Å². The summed E-state index contributed by atoms with van der Waals surface area (Å²) in [6.07, 6.45) is 5.03. The number of carbonyl (C=O) groups excluding carboxylic acids is 1. The van der Waals surface area contributed by atoms with Crippen molar-refractivity contribution in [3.8, 4) is 17.2 Å². The minimum Gasteiger partial charge on any atom is -0.493 e. The number of hydrogen-bond donors (Lipinski definition) is 3. The SMILES string of the molecule is COc1cc(/C=C/C(=O)NC(NC(=S)Nc2ccccc2)C2CC2)cc(OC)c1OC. The fourth-order valence-electron chi connectivity index (χ4n) is 3.10. The van der Waals surface area contributed by atoms with Gasteiger partial charge in [-0.3, -0.25) is 4.79 Å². The van der Waals surface area contributed by atoms with Crippen LogP contribution in [-0.2, 0) is 4.79 Å². The lowest BCUT2D eigenvalue weighted by Gasteiger charge is -2.21. The number of rotatable bonds is 9. The summed E-state index contributed by atoms with van der Waals surface area (Å²) in [5.74, 6) is 1.69. The number of methoxy groups -OCH3 is 3. The smallest absolute Gasteiger partial charge is 0.245 e. The van der Waals surface area contributed by atoms with E-state index in [9.17, 15) is 4.79 Å². The predicted molar refractivity (Wildman–Crippen MR) is 126 cm³/mol. The van der Waals surface area contributed by atoms with E-state index in [0.717, 1.165) is 24.1 Å². The van der Waals surface area contributed by atoms with Crippen molar-refractivity contribution in [2.24, 2.45) is 5.92 Å². The lowest BCUT2D eigenvalue weighted by atomic mass is 10.1. The Morgan fingerprint density at radius 1 is 1.03 bits per heavy atom. The molecule has 0 aliphatic heterocycles. The van der Waals surface area contributed by atoms with E-state index in [1.165, 1.54) is 6.08 Å². The first kappa shape index (κ1) is 22.4. The van der Waals surface area contributed by atoms with Crippen molar-refractivity contribution >= 4 is 35.0 Å². The Hall–Kier alpha value is -3.26. The van der Waals surface area contributed by atoms with Gasteiger partial charge in [-0.1, -0.05) is 18.2 Å². The van der Waals surface area contributed by atoms with E-state index in [-0.39, 0.29) is 12.1 Å². The summed E-state index contributed by atoms with van der Waals surface area (Å²) in [7, 11) is 4.65. The molecule has 2 aromatic carbocycles. The zero-order chi connectivity index (χ0) is 22.2. The molecule has 1 fully saturated rings. The highest BCUT2D eigenvalue weighted by Crippen LogP contribution is 2.38. The molecule has 1 saturated carbocycles. The van der Waals surface area contributed by atoms with E-state index >= 15 is 0 Å². The van der Waals surface area contributed by atoms with Gasteiger partial charge in [-0.2, -0.15) is 0 Å². The normalized spacial score (nSPS) is 13.9. The number of thiocarbonyl (C=S) groups is 1. The van der Waals surface area contributed by atoms with E-state index in [1.807, 2.05) is 30.3 Å². The molecule has 1 aliphatic carbocycles. The van der Waals surface area contributed by atoms with Gasteiger partial charge in [-0.15, -0.1) is 0 Å². The molecule has 2 aromatic rings. The van der Waals surface area contributed by atoms with Crippen LogP contribution in [0.5, 0.6) is 17.2 Å². The van der Waals surface area contributed by atoms with Crippen LogP contribution in [0.1, 0.15) is 18.4 Å². The Morgan fingerprint density at radius 3 is 2.23 bits per heavy atom. The highest BCUT2D eigenvalue weighted by atomic mass is 32.1. The molecule has 1 amide bonds. The second kappa shape index (κ2) is 10.7. The van der Waals surface area contributed by atoms with Gasteiger partial charge in [0.1, 0.15) is 6.17 Å². The van der Waals surface area contributed by atoms with Crippen molar-refractivity contribution < 1.29 is 19.0 Å². The minimum atomic E-state index is -0.235. The molecule has 1 atom stereocenters. The Balaban J connectivity index is 1.62. The summed E-state index contributed by atoms with van der Waals surface area (Å²) in [5, 5.41) is 9.80. The second-order valence-electron chi connectivity index (χ2n) is 7.08. The maximum atomic E-state index is 12.5. The molecule has 1 unspecified atom stereocenters. The molecule has 1 aliphatic rings. The Bertz CT molecular complexity index is 920. The number of nitrogens with one attached hydrogen (secondary N) is 3. The summed E-state index contributed by atoms with van der Waals surface area (Å²) in [6.45, 7) is 0. The molecule has 0 spiro atoms. The highest BCUT2D eigenvalue weighted by Gasteiger charge is 2.32. The van der Waals surface area contributed by atoms with Crippen LogP contribution in [0.2, 0.25) is 0 Å². The molecule has 3 N–H and O–H groups in total. The standard InChI is InChI=1S/C23H27N3O4S/c1-28-18-13-15(14-19(29-2)21(18)30-3)9-12-20(27)25-22(16-10-11-16)26-23(31)24-17-7-5-4-6-8-17/h4-9,12-14,16,22H,10-11H2,1-3H3,(H,25,27)(H2,24,26,31)/b12-9+. The van der Waals surface area contributed by atoms with Gasteiger partial charge in [0.2, 0.25) is 11.7 Å². The van der Waals surface area contributed by atoms with Crippen LogP contribution in [0.15, 0.2) is 48.5 Å². The van der Waals surface area contributed by atoms with Gasteiger partial charge in [-0.05, 0) is 66.9 Å². The van der Waals surface area contributed by atoms with E-state index in [1.54, 1.807) is 39.5 Å². The maximum absolute atomic E-state index is 12.5. The second-order valence-corrected chi connectivity index (χ2v) is 7.49. The summed E-state index contributed by atoms with van der Waals surface area (Å²) in [4.78, 5) is 12.5. The highest BCUT2D eigenvalue weighted by molar-refractivity contribution is 7.80. The van der Waals surface area contributed by atoms with Crippen molar-refractivity contribution in [2.45, 2.75) is 19.0 Å². The van der Waals surface area contributed by atoms with Gasteiger partial charge >= 0.3 is 0 Å². The van der Waals surface area contributed by atoms with E-state index in [2.05, 4.69) is 16.0 Å². The van der Waals surface area contributed by atoms with Crippen LogP contribution in [0.4, 0.5) is 5.69 Å². The van der Waals surface area contributed by atoms with Gasteiger partial charge in [0.25, 0.3) is 0 Å². The summed E-state index contributed by atoms with van der Waals surface area (Å²) < 4.78 is 16.0. The third kappa shape index (κ3) is 6.36. The number of ether oxygens (including phenoxy) is 3. The first-order valence-corrected chi connectivity index (χ1v) is 10.4. The monoisotopic (exact) mass is 441 g/mol. The van der Waals surface area contributed by atoms with E-state index in [0.29, 0.717) is 28.3 Å². The lowest BCUT2D eigenvalue weighted by Crippen LogP contribution is -2.50. The topological polar surface area (TPSA) is 80.9 Å². The van der Waals surface area contributed by atoms with Crippen molar-refractivity contribution in [1.82, 2.24) is 10.6 Å². The van der Waals surface area contributed by atoms with Crippen molar-refractivity contribution in [1.29, 1.82) is 0 Å². The van der Waals surface area contributed by atoms with Crippen molar-refractivity contribution in [3.05, 3.63) is 54.1 Å². The zero-order valence-corrected chi connectivity index (χ0v) is 18.6. The van der Waals surface area contributed by atoms with Crippen LogP contribution in [0.25, 0.3) is 6.08 Å². The average Bonchev–Trinajstić information content (AvgIpc) is 3.62. The molecule has 0 heterocycles. The quantitative estimate of drug-likeness (QED) is 0.312. The van der Waals surface area contributed by atoms with Gasteiger partial charge < -0.3 is 30.2 Å². The van der Waals surface area contributed by atoms with Crippen molar-refractivity contribution in [3.63, 3.8) is 0 Å². The fourth-order valence-corrected chi connectivity index (χ4v) is 3.35. The Labute approximate surface area is 187 Å². The van der Waals surface area contributed by atoms with Gasteiger partial charge in [0.15, 0.2) is 16.6 Å². The molecule has 7 nitrogen and oxygen atoms in total. The predicted octanol–water partition coefficient (Wildman–Crippen LogP) is 3.56. The van der Waals surface area contributed by atoms with Gasteiger partial charge in [-0.25, -0.2) is 0 Å². The molecular formula is C23H27N3O4S. The number of benzene rings is 2. The number of para-hydroxylation sites is 1. The van der Waals surface area contributed by atoms with Crippen LogP contribution in [-0.4, -0.2) is 38.5 Å². The van der Waals surface area contributed by atoms with Gasteiger partial charge in [0.05, 0.1) is 21.3 Å². The molecule has 3 rings (SSSR count). The third-order valence-electron chi connectivity index (χ3n) is 4.82. The lowest BCUT2D eigenvalue weighted by molar-refractivity contribution is -0.117. The summed E-state index contributed by atoms with van der Waals surface area (Å²) in [6, 6.07) is 13.2. The zero-order valence-electron chi connectivity index (χ0n) is 17.8. The number of hydrogen-bond acceptors (Lipinski definition) is 5. The molecule has 0 bridgehead atoms. The molecular weight excluding hydrogens is 414 g/mol. The molecule has 0 radical (unpaired) electrons. The number of anilines is 1. The summed E-state index contributed by atoms with van der Waals surface area (Å²) >= 11 is 5.40. The molecule has 31 heavy (non-hydrogen) atoms. The average molecular weight is 442 g/mol. The molecule has 8 heteroatoms. The fraction of sp³-hybridized carbons (Fsp3) is 0.304. The van der Waals surface area contributed by atoms with Crippen LogP contribution < -0.4 is 30.2 Å². The summed E-state index contributed by atoms with van der Waals surface area (Å²) in [5.41, 5.74) is 1.64. The third-order valence-corrected chi connectivity index (χ3v) is 5.04. The first-order valence-electron chi connectivity index (χ1n) is 9.95. The maximum Gasteiger partial charge on any atom is 0.245 e. The van der Waals surface area contributed by atoms with Crippen LogP contribution >= 0.6 is 12.2 Å². The first-order chi connectivity index (χ1) is 15.0. The number of amides is 1. The van der Waals surface area contributed by atoms with Crippen LogP contribution in [0.3, 0.4) is 0 Å². The molecule has 0 aromatic heterocycles. The largest absolute Gasteiger partial charge is 0.493 e. The molecule has 0 saturated heterocycles. The minimum absolute atomic E-state index is 0.222. The van der Waals surface area contributed by atoms with E-state index in [4.69, 9.17) is 26.4 Å². The van der Waals surface area contributed by atoms with Crippen LogP contribution in [0, 0.1) is 5.92 Å². The molecule has 164 valence electrons. The Kier molecular flexibility index (Phi) is 7.72.